The molecule has 0 aliphatic carbocycles. The van der Waals surface area contributed by atoms with Crippen LogP contribution in [0.25, 0.3) is 22.0 Å². The first-order valence-corrected chi connectivity index (χ1v) is 8.99. The van der Waals surface area contributed by atoms with Gasteiger partial charge in [-0.25, -0.2) is 0 Å². The van der Waals surface area contributed by atoms with Crippen molar-refractivity contribution in [2.45, 2.75) is 18.9 Å². The molecule has 1 aliphatic heterocycles. The number of benzene rings is 2. The molecule has 0 bridgehead atoms. The number of carbonyl (C=O) groups excluding carboxylic acids is 1. The summed E-state index contributed by atoms with van der Waals surface area (Å²) in [6, 6.07) is 14.3. The first-order chi connectivity index (χ1) is 12.7. The molecule has 0 spiro atoms. The molecule has 1 fully saturated rings. The van der Waals surface area contributed by atoms with Crippen LogP contribution in [0.2, 0.25) is 0 Å². The third-order valence-electron chi connectivity index (χ3n) is 5.19. The lowest BCUT2D eigenvalue weighted by Gasteiger charge is -2.24. The van der Waals surface area contributed by atoms with Crippen LogP contribution in [0.5, 0.6) is 0 Å². The summed E-state index contributed by atoms with van der Waals surface area (Å²) in [7, 11) is 3.63. The third kappa shape index (κ3) is 2.99. The van der Waals surface area contributed by atoms with E-state index in [1.54, 1.807) is 7.11 Å². The van der Waals surface area contributed by atoms with Crippen LogP contribution >= 0.6 is 0 Å². The maximum atomic E-state index is 13.0. The third-order valence-corrected chi connectivity index (χ3v) is 5.19. The predicted molar refractivity (Wildman–Crippen MR) is 102 cm³/mol. The molecule has 1 saturated heterocycles. The molecule has 4 rings (SSSR count). The molecule has 5 heteroatoms. The van der Waals surface area contributed by atoms with Crippen molar-refractivity contribution in [3.05, 3.63) is 54.2 Å². The number of likely N-dealkylation sites (tertiary alicyclic amines) is 1. The van der Waals surface area contributed by atoms with Crippen LogP contribution in [0, 0.1) is 0 Å². The van der Waals surface area contributed by atoms with Crippen molar-refractivity contribution in [2.24, 2.45) is 7.05 Å². The lowest BCUT2D eigenvalue weighted by Crippen LogP contribution is -2.38. The summed E-state index contributed by atoms with van der Waals surface area (Å²) in [5.74, 6) is 0.0915. The summed E-state index contributed by atoms with van der Waals surface area (Å²) in [6.45, 7) is 1.40. The Morgan fingerprint density at radius 2 is 2.08 bits per heavy atom. The average molecular weight is 349 g/mol. The molecule has 0 saturated carbocycles. The van der Waals surface area contributed by atoms with Gasteiger partial charge in [-0.05, 0) is 48.2 Å². The van der Waals surface area contributed by atoms with E-state index in [1.807, 2.05) is 47.1 Å². The van der Waals surface area contributed by atoms with Crippen molar-refractivity contribution in [3.8, 4) is 11.1 Å². The molecule has 1 aromatic heterocycles. The number of methoxy groups -OCH3 is 1. The van der Waals surface area contributed by atoms with Gasteiger partial charge in [0.05, 0.1) is 24.4 Å². The van der Waals surface area contributed by atoms with Gasteiger partial charge in [-0.3, -0.25) is 9.48 Å². The number of aryl methyl sites for hydroxylation is 1. The molecule has 1 aliphatic rings. The zero-order valence-electron chi connectivity index (χ0n) is 15.2. The Morgan fingerprint density at radius 3 is 2.92 bits per heavy atom. The Morgan fingerprint density at radius 1 is 1.23 bits per heavy atom. The minimum atomic E-state index is 0.0915. The second-order valence-corrected chi connectivity index (χ2v) is 6.87. The van der Waals surface area contributed by atoms with Crippen LogP contribution in [0.4, 0.5) is 0 Å². The number of hydrogen-bond acceptors (Lipinski definition) is 3. The molecule has 0 radical (unpaired) electrons. The summed E-state index contributed by atoms with van der Waals surface area (Å²) in [5.41, 5.74) is 3.97. The van der Waals surface area contributed by atoms with Gasteiger partial charge in [-0.2, -0.15) is 5.10 Å². The lowest BCUT2D eigenvalue weighted by molar-refractivity contribution is 0.0630. The minimum absolute atomic E-state index is 0.0915. The number of amides is 1. The van der Waals surface area contributed by atoms with Gasteiger partial charge in [0.1, 0.15) is 0 Å². The largest absolute Gasteiger partial charge is 0.383 e. The fraction of sp³-hybridized carbons (Fsp3) is 0.333. The van der Waals surface area contributed by atoms with Crippen molar-refractivity contribution in [1.82, 2.24) is 14.7 Å². The summed E-state index contributed by atoms with van der Waals surface area (Å²) in [5, 5.41) is 5.40. The second kappa shape index (κ2) is 6.92. The molecular weight excluding hydrogens is 326 g/mol. The fourth-order valence-electron chi connectivity index (χ4n) is 3.81. The Kier molecular flexibility index (Phi) is 4.47. The standard InChI is InChI=1S/C21H23N3O2/c1-23-20-9-8-16(12-18(20)13-22-23)15-5-3-6-17(11-15)21(25)24-10-4-7-19(24)14-26-2/h3,5-6,8-9,11-13,19H,4,7,10,14H2,1-2H3/t19-/m0/s1. The maximum absolute atomic E-state index is 13.0. The van der Waals surface area contributed by atoms with Gasteiger partial charge in [-0.1, -0.05) is 18.2 Å². The molecule has 2 heterocycles. The van der Waals surface area contributed by atoms with Crippen LogP contribution < -0.4 is 0 Å². The fourth-order valence-corrected chi connectivity index (χ4v) is 3.81. The van der Waals surface area contributed by atoms with Crippen molar-refractivity contribution >= 4 is 16.8 Å². The summed E-state index contributed by atoms with van der Waals surface area (Å²) in [6.07, 6.45) is 3.92. The van der Waals surface area contributed by atoms with Crippen LogP contribution in [-0.4, -0.2) is 46.9 Å². The maximum Gasteiger partial charge on any atom is 0.254 e. The Bertz CT molecular complexity index is 947. The van der Waals surface area contributed by atoms with Crippen molar-refractivity contribution in [2.75, 3.05) is 20.3 Å². The smallest absolute Gasteiger partial charge is 0.254 e. The van der Waals surface area contributed by atoms with E-state index in [4.69, 9.17) is 4.74 Å². The van der Waals surface area contributed by atoms with Gasteiger partial charge in [0, 0.05) is 31.7 Å². The van der Waals surface area contributed by atoms with E-state index in [0.29, 0.717) is 6.61 Å². The molecule has 1 amide bonds. The van der Waals surface area contributed by atoms with Crippen LogP contribution in [0.15, 0.2) is 48.7 Å². The number of carbonyl (C=O) groups is 1. The van der Waals surface area contributed by atoms with E-state index in [-0.39, 0.29) is 11.9 Å². The molecule has 0 N–H and O–H groups in total. The number of ether oxygens (including phenoxy) is 1. The molecule has 0 unspecified atom stereocenters. The lowest BCUT2D eigenvalue weighted by atomic mass is 10.0. The molecule has 5 nitrogen and oxygen atoms in total. The first-order valence-electron chi connectivity index (χ1n) is 8.99. The van der Waals surface area contributed by atoms with Gasteiger partial charge < -0.3 is 9.64 Å². The van der Waals surface area contributed by atoms with E-state index >= 15 is 0 Å². The summed E-state index contributed by atoms with van der Waals surface area (Å²) in [4.78, 5) is 14.9. The van der Waals surface area contributed by atoms with Crippen molar-refractivity contribution in [1.29, 1.82) is 0 Å². The first kappa shape index (κ1) is 16.8. The topological polar surface area (TPSA) is 47.4 Å². The van der Waals surface area contributed by atoms with Gasteiger partial charge in [0.15, 0.2) is 0 Å². The SMILES string of the molecule is COC[C@@H]1CCCN1C(=O)c1cccc(-c2ccc3c(cnn3C)c2)c1. The quantitative estimate of drug-likeness (QED) is 0.724. The van der Waals surface area contributed by atoms with Crippen molar-refractivity contribution < 1.29 is 9.53 Å². The number of fused-ring (bicyclic) bond motifs is 1. The molecule has 26 heavy (non-hydrogen) atoms. The van der Waals surface area contributed by atoms with Crippen LogP contribution in [-0.2, 0) is 11.8 Å². The summed E-state index contributed by atoms with van der Waals surface area (Å²) >= 11 is 0. The number of nitrogens with zero attached hydrogens (tertiary/aromatic N) is 3. The van der Waals surface area contributed by atoms with Crippen LogP contribution in [0.1, 0.15) is 23.2 Å². The van der Waals surface area contributed by atoms with E-state index in [2.05, 4.69) is 23.3 Å². The van der Waals surface area contributed by atoms with E-state index in [1.165, 1.54) is 0 Å². The molecule has 1 atom stereocenters. The molecular formula is C21H23N3O2. The molecule has 3 aromatic rings. The Labute approximate surface area is 153 Å². The van der Waals surface area contributed by atoms with Gasteiger partial charge in [0.2, 0.25) is 0 Å². The van der Waals surface area contributed by atoms with E-state index in [0.717, 1.165) is 47.0 Å². The Balaban J connectivity index is 1.64. The highest BCUT2D eigenvalue weighted by Gasteiger charge is 2.29. The van der Waals surface area contributed by atoms with E-state index in [9.17, 15) is 4.79 Å². The number of hydrogen-bond donors (Lipinski definition) is 0. The van der Waals surface area contributed by atoms with Gasteiger partial charge >= 0.3 is 0 Å². The Hall–Kier alpha value is -2.66. The highest BCUT2D eigenvalue weighted by atomic mass is 16.5. The van der Waals surface area contributed by atoms with Gasteiger partial charge in [-0.15, -0.1) is 0 Å². The molecule has 134 valence electrons. The van der Waals surface area contributed by atoms with E-state index < -0.39 is 0 Å². The average Bonchev–Trinajstić information content (AvgIpc) is 3.28. The highest BCUT2D eigenvalue weighted by molar-refractivity contribution is 5.96. The highest BCUT2D eigenvalue weighted by Crippen LogP contribution is 2.26. The zero-order chi connectivity index (χ0) is 18.1. The normalized spacial score (nSPS) is 17.2. The predicted octanol–water partition coefficient (Wildman–Crippen LogP) is 3.49. The summed E-state index contributed by atoms with van der Waals surface area (Å²) < 4.78 is 7.14. The number of aromatic nitrogens is 2. The van der Waals surface area contributed by atoms with Crippen LogP contribution in [0.3, 0.4) is 0 Å². The van der Waals surface area contributed by atoms with Gasteiger partial charge in [0.25, 0.3) is 5.91 Å². The molecule has 2 aromatic carbocycles. The van der Waals surface area contributed by atoms with Crippen molar-refractivity contribution in [3.63, 3.8) is 0 Å². The second-order valence-electron chi connectivity index (χ2n) is 6.87. The zero-order valence-corrected chi connectivity index (χ0v) is 15.2. The minimum Gasteiger partial charge on any atom is -0.383 e. The monoisotopic (exact) mass is 349 g/mol. The number of rotatable bonds is 4.